The lowest BCUT2D eigenvalue weighted by Crippen LogP contribution is -2.44. The Morgan fingerprint density at radius 2 is 1.74 bits per heavy atom. The first-order chi connectivity index (χ1) is 15.2. The zero-order valence-corrected chi connectivity index (χ0v) is 18.6. The van der Waals surface area contributed by atoms with Crippen LogP contribution < -0.4 is 15.4 Å². The van der Waals surface area contributed by atoms with Crippen LogP contribution in [0.5, 0.6) is 5.75 Å². The zero-order valence-electron chi connectivity index (χ0n) is 18.6. The van der Waals surface area contributed by atoms with Crippen LogP contribution >= 0.6 is 0 Å². The molecule has 2 aliphatic rings. The van der Waals surface area contributed by atoms with E-state index in [0.29, 0.717) is 12.6 Å². The van der Waals surface area contributed by atoms with Crippen molar-refractivity contribution in [2.75, 3.05) is 20.2 Å². The molecule has 2 fully saturated rings. The van der Waals surface area contributed by atoms with Gasteiger partial charge in [-0.2, -0.15) is 0 Å². The highest BCUT2D eigenvalue weighted by Crippen LogP contribution is 2.34. The van der Waals surface area contributed by atoms with E-state index in [9.17, 15) is 4.79 Å². The molecule has 0 spiro atoms. The Morgan fingerprint density at radius 1 is 1.00 bits per heavy atom. The number of likely N-dealkylation sites (tertiary alicyclic amines) is 1. The molecule has 2 aromatic carbocycles. The molecule has 4 rings (SSSR count). The number of hydrogen-bond donors (Lipinski definition) is 2. The van der Waals surface area contributed by atoms with Gasteiger partial charge in [0.2, 0.25) is 0 Å². The number of benzene rings is 2. The van der Waals surface area contributed by atoms with E-state index in [1.807, 2.05) is 24.3 Å². The fraction of sp³-hybridized carbons (Fsp3) is 0.500. The summed E-state index contributed by atoms with van der Waals surface area (Å²) < 4.78 is 5.17. The lowest BCUT2D eigenvalue weighted by Gasteiger charge is -2.34. The van der Waals surface area contributed by atoms with Crippen LogP contribution in [0.1, 0.15) is 55.7 Å². The minimum absolute atomic E-state index is 0.0667. The molecule has 1 saturated carbocycles. The van der Waals surface area contributed by atoms with Gasteiger partial charge in [0.15, 0.2) is 0 Å². The van der Waals surface area contributed by atoms with Gasteiger partial charge in [0, 0.05) is 25.2 Å². The highest BCUT2D eigenvalue weighted by Gasteiger charge is 2.30. The molecular formula is C26H35N3O2. The molecule has 1 unspecified atom stereocenters. The van der Waals surface area contributed by atoms with Crippen molar-refractivity contribution in [3.05, 3.63) is 65.7 Å². The first-order valence-corrected chi connectivity index (χ1v) is 11.7. The normalized spacial score (nSPS) is 24.0. The molecule has 2 N–H and O–H groups in total. The molecular weight excluding hydrogens is 386 g/mol. The van der Waals surface area contributed by atoms with Crippen molar-refractivity contribution in [3.63, 3.8) is 0 Å². The van der Waals surface area contributed by atoms with Gasteiger partial charge in [-0.15, -0.1) is 0 Å². The zero-order chi connectivity index (χ0) is 21.5. The maximum absolute atomic E-state index is 12.3. The molecule has 31 heavy (non-hydrogen) atoms. The van der Waals surface area contributed by atoms with Gasteiger partial charge in [-0.05, 0) is 74.2 Å². The smallest absolute Gasteiger partial charge is 0.315 e. The van der Waals surface area contributed by atoms with Crippen molar-refractivity contribution < 1.29 is 9.53 Å². The van der Waals surface area contributed by atoms with Crippen molar-refractivity contribution >= 4 is 6.03 Å². The second-order valence-corrected chi connectivity index (χ2v) is 8.96. The van der Waals surface area contributed by atoms with Crippen LogP contribution in [-0.2, 0) is 6.54 Å². The highest BCUT2D eigenvalue weighted by molar-refractivity contribution is 5.74. The Hall–Kier alpha value is -2.53. The van der Waals surface area contributed by atoms with E-state index in [2.05, 4.69) is 45.9 Å². The maximum Gasteiger partial charge on any atom is 0.315 e. The van der Waals surface area contributed by atoms with Crippen LogP contribution in [0.15, 0.2) is 54.6 Å². The summed E-state index contributed by atoms with van der Waals surface area (Å²) in [6.45, 7) is 2.93. The minimum Gasteiger partial charge on any atom is -0.497 e. The Kier molecular flexibility index (Phi) is 7.47. The Bertz CT molecular complexity index is 816. The minimum atomic E-state index is -0.0667. The molecule has 0 aromatic heterocycles. The summed E-state index contributed by atoms with van der Waals surface area (Å²) in [4.78, 5) is 15.0. The second-order valence-electron chi connectivity index (χ2n) is 8.96. The molecule has 0 radical (unpaired) electrons. The molecule has 2 aromatic rings. The maximum atomic E-state index is 12.3. The average molecular weight is 422 g/mol. The highest BCUT2D eigenvalue weighted by atomic mass is 16.5. The first-order valence-electron chi connectivity index (χ1n) is 11.7. The molecule has 1 aliphatic carbocycles. The lowest BCUT2D eigenvalue weighted by molar-refractivity contribution is 0.175. The number of nitrogens with zero attached hydrogens (tertiary/aromatic N) is 1. The van der Waals surface area contributed by atoms with Gasteiger partial charge in [0.05, 0.1) is 7.11 Å². The third-order valence-corrected chi connectivity index (χ3v) is 6.83. The topological polar surface area (TPSA) is 53.6 Å². The third-order valence-electron chi connectivity index (χ3n) is 6.83. The molecule has 2 amide bonds. The predicted octanol–water partition coefficient (Wildman–Crippen LogP) is 4.89. The summed E-state index contributed by atoms with van der Waals surface area (Å²) in [6.07, 6.45) is 7.11. The molecule has 1 heterocycles. The van der Waals surface area contributed by atoms with E-state index < -0.39 is 0 Å². The number of methoxy groups -OCH3 is 1. The van der Waals surface area contributed by atoms with Crippen LogP contribution in [0.3, 0.4) is 0 Å². The number of ether oxygens (including phenoxy) is 1. The van der Waals surface area contributed by atoms with Crippen molar-refractivity contribution in [3.8, 4) is 5.75 Å². The van der Waals surface area contributed by atoms with Crippen molar-refractivity contribution in [2.45, 2.75) is 57.2 Å². The quantitative estimate of drug-likeness (QED) is 0.669. The summed E-state index contributed by atoms with van der Waals surface area (Å²) >= 11 is 0. The number of rotatable bonds is 7. The first kappa shape index (κ1) is 21.7. The standard InChI is InChI=1S/C26H35N3O2/c1-31-24-15-11-20(12-16-24)18-27-26(30)28-23-13-9-21(10-14-23)19-29-17-5-8-25(29)22-6-3-2-4-7-22/h2-4,6-7,11-12,15-16,21,23,25H,5,8-10,13-14,17-19H2,1H3,(H2,27,28,30). The molecule has 0 bridgehead atoms. The summed E-state index contributed by atoms with van der Waals surface area (Å²) in [5.74, 6) is 1.57. The van der Waals surface area contributed by atoms with Gasteiger partial charge in [-0.25, -0.2) is 4.79 Å². The van der Waals surface area contributed by atoms with E-state index in [0.717, 1.165) is 30.1 Å². The number of hydrogen-bond acceptors (Lipinski definition) is 3. The fourth-order valence-corrected chi connectivity index (χ4v) is 5.08. The van der Waals surface area contributed by atoms with Crippen LogP contribution in [-0.4, -0.2) is 37.2 Å². The Balaban J connectivity index is 1.17. The molecule has 166 valence electrons. The Morgan fingerprint density at radius 3 is 2.45 bits per heavy atom. The van der Waals surface area contributed by atoms with Gasteiger partial charge in [-0.3, -0.25) is 4.90 Å². The number of carbonyl (C=O) groups is 1. The second kappa shape index (κ2) is 10.7. The van der Waals surface area contributed by atoms with E-state index in [-0.39, 0.29) is 12.1 Å². The van der Waals surface area contributed by atoms with Gasteiger partial charge >= 0.3 is 6.03 Å². The number of urea groups is 1. The van der Waals surface area contributed by atoms with Crippen LogP contribution in [0.2, 0.25) is 0 Å². The number of nitrogens with one attached hydrogen (secondary N) is 2. The van der Waals surface area contributed by atoms with E-state index >= 15 is 0 Å². The van der Waals surface area contributed by atoms with Gasteiger partial charge in [0.25, 0.3) is 0 Å². The number of carbonyl (C=O) groups excluding carboxylic acids is 1. The molecule has 1 aliphatic heterocycles. The fourth-order valence-electron chi connectivity index (χ4n) is 5.08. The largest absolute Gasteiger partial charge is 0.497 e. The van der Waals surface area contributed by atoms with Crippen LogP contribution in [0, 0.1) is 5.92 Å². The van der Waals surface area contributed by atoms with Crippen molar-refractivity contribution in [2.24, 2.45) is 5.92 Å². The van der Waals surface area contributed by atoms with Gasteiger partial charge in [-0.1, -0.05) is 42.5 Å². The lowest BCUT2D eigenvalue weighted by atomic mass is 9.85. The van der Waals surface area contributed by atoms with Crippen LogP contribution in [0.25, 0.3) is 0 Å². The average Bonchev–Trinajstić information content (AvgIpc) is 3.28. The van der Waals surface area contributed by atoms with Crippen molar-refractivity contribution in [1.29, 1.82) is 0 Å². The Labute approximate surface area is 186 Å². The monoisotopic (exact) mass is 421 g/mol. The van der Waals surface area contributed by atoms with Crippen LogP contribution in [0.4, 0.5) is 4.79 Å². The van der Waals surface area contributed by atoms with Crippen molar-refractivity contribution in [1.82, 2.24) is 15.5 Å². The summed E-state index contributed by atoms with van der Waals surface area (Å²) in [5, 5.41) is 6.15. The summed E-state index contributed by atoms with van der Waals surface area (Å²) in [5.41, 5.74) is 2.53. The van der Waals surface area contributed by atoms with Gasteiger partial charge in [0.1, 0.15) is 5.75 Å². The summed E-state index contributed by atoms with van der Waals surface area (Å²) in [7, 11) is 1.65. The summed E-state index contributed by atoms with van der Waals surface area (Å²) in [6, 6.07) is 19.5. The van der Waals surface area contributed by atoms with E-state index in [1.54, 1.807) is 7.11 Å². The number of amides is 2. The molecule has 1 atom stereocenters. The SMILES string of the molecule is COc1ccc(CNC(=O)NC2CCC(CN3CCCC3c3ccccc3)CC2)cc1. The van der Waals surface area contributed by atoms with E-state index in [4.69, 9.17) is 4.74 Å². The molecule has 5 nitrogen and oxygen atoms in total. The predicted molar refractivity (Wildman–Crippen MR) is 124 cm³/mol. The molecule has 5 heteroatoms. The third kappa shape index (κ3) is 6.01. The molecule has 1 saturated heterocycles. The van der Waals surface area contributed by atoms with E-state index in [1.165, 1.54) is 44.3 Å². The van der Waals surface area contributed by atoms with Gasteiger partial charge < -0.3 is 15.4 Å².